The molecule has 148 valence electrons. The summed E-state index contributed by atoms with van der Waals surface area (Å²) in [5.74, 6) is -1.74. The minimum atomic E-state index is -0.721. The van der Waals surface area contributed by atoms with Crippen LogP contribution in [0.4, 0.5) is 5.00 Å². The van der Waals surface area contributed by atoms with Crippen LogP contribution in [0.25, 0.3) is 6.08 Å². The molecule has 7 heteroatoms. The first-order chi connectivity index (χ1) is 13.0. The predicted molar refractivity (Wildman–Crippen MR) is 112 cm³/mol. The van der Waals surface area contributed by atoms with E-state index in [1.54, 1.807) is 13.0 Å². The van der Waals surface area contributed by atoms with Gasteiger partial charge in [0.15, 0.2) is 0 Å². The van der Waals surface area contributed by atoms with E-state index >= 15 is 0 Å². The van der Waals surface area contributed by atoms with Crippen LogP contribution in [0.15, 0.2) is 30.3 Å². The van der Waals surface area contributed by atoms with Gasteiger partial charge in [-0.2, -0.15) is 0 Å². The van der Waals surface area contributed by atoms with Crippen molar-refractivity contribution in [3.63, 3.8) is 0 Å². The lowest BCUT2D eigenvalue weighted by atomic mass is 9.87. The van der Waals surface area contributed by atoms with E-state index in [0.29, 0.717) is 5.56 Å². The number of methoxy groups -OCH3 is 1. The van der Waals surface area contributed by atoms with Crippen molar-refractivity contribution in [3.8, 4) is 0 Å². The summed E-state index contributed by atoms with van der Waals surface area (Å²) < 4.78 is 4.70. The standard InChI is InChI=1S/C21H24N2O4S/c1-12-16(18(22)25)19(28-17(12)20(26)27-5)23-15(24)11-8-13-6-9-14(10-7-13)21(2,3)4/h6-11H,1-5H3,(H2,22,25)(H,23,24). The minimum absolute atomic E-state index is 0.0547. The summed E-state index contributed by atoms with van der Waals surface area (Å²) >= 11 is 0.961. The molecule has 2 aromatic rings. The molecule has 3 N–H and O–H groups in total. The van der Waals surface area contributed by atoms with Crippen LogP contribution in [0, 0.1) is 6.92 Å². The number of carbonyl (C=O) groups is 3. The highest BCUT2D eigenvalue weighted by Gasteiger charge is 2.24. The summed E-state index contributed by atoms with van der Waals surface area (Å²) in [5.41, 5.74) is 8.03. The van der Waals surface area contributed by atoms with Gasteiger partial charge in [-0.15, -0.1) is 11.3 Å². The van der Waals surface area contributed by atoms with Crippen LogP contribution in [0.1, 0.15) is 57.5 Å². The third-order valence-electron chi connectivity index (χ3n) is 4.20. The predicted octanol–water partition coefficient (Wildman–Crippen LogP) is 3.89. The van der Waals surface area contributed by atoms with Crippen molar-refractivity contribution in [2.24, 2.45) is 5.73 Å². The fraction of sp³-hybridized carbons (Fsp3) is 0.286. The van der Waals surface area contributed by atoms with Crippen LogP contribution < -0.4 is 11.1 Å². The van der Waals surface area contributed by atoms with Crippen molar-refractivity contribution in [1.29, 1.82) is 0 Å². The molecule has 0 aliphatic carbocycles. The van der Waals surface area contributed by atoms with E-state index in [1.807, 2.05) is 24.3 Å². The second kappa shape index (κ2) is 8.39. The first kappa shape index (κ1) is 21.4. The quantitative estimate of drug-likeness (QED) is 0.587. The number of ether oxygens (including phenoxy) is 1. The lowest BCUT2D eigenvalue weighted by molar-refractivity contribution is -0.111. The van der Waals surface area contributed by atoms with E-state index in [0.717, 1.165) is 16.9 Å². The molecular formula is C21H24N2O4S. The van der Waals surface area contributed by atoms with Crippen LogP contribution in [0.2, 0.25) is 0 Å². The molecule has 28 heavy (non-hydrogen) atoms. The average molecular weight is 401 g/mol. The Balaban J connectivity index is 2.20. The number of nitrogens with one attached hydrogen (secondary N) is 1. The van der Waals surface area contributed by atoms with Gasteiger partial charge in [0, 0.05) is 6.08 Å². The molecule has 0 aliphatic heterocycles. The Hall–Kier alpha value is -2.93. The van der Waals surface area contributed by atoms with E-state index in [2.05, 4.69) is 26.1 Å². The van der Waals surface area contributed by atoms with Gasteiger partial charge >= 0.3 is 5.97 Å². The molecule has 0 fully saturated rings. The summed E-state index contributed by atoms with van der Waals surface area (Å²) in [7, 11) is 1.25. The number of hydrogen-bond acceptors (Lipinski definition) is 5. The van der Waals surface area contributed by atoms with Crippen LogP contribution in [0.5, 0.6) is 0 Å². The van der Waals surface area contributed by atoms with E-state index in [9.17, 15) is 14.4 Å². The van der Waals surface area contributed by atoms with Gasteiger partial charge in [0.2, 0.25) is 5.91 Å². The summed E-state index contributed by atoms with van der Waals surface area (Å²) in [4.78, 5) is 36.1. The highest BCUT2D eigenvalue weighted by Crippen LogP contribution is 2.33. The molecule has 2 amide bonds. The molecule has 0 unspecified atom stereocenters. The van der Waals surface area contributed by atoms with Crippen LogP contribution in [-0.2, 0) is 14.9 Å². The van der Waals surface area contributed by atoms with Crippen molar-refractivity contribution >= 4 is 40.2 Å². The first-order valence-electron chi connectivity index (χ1n) is 8.65. The molecule has 1 aromatic heterocycles. The van der Waals surface area contributed by atoms with Crippen molar-refractivity contribution in [1.82, 2.24) is 0 Å². The second-order valence-electron chi connectivity index (χ2n) is 7.31. The Kier molecular flexibility index (Phi) is 6.41. The number of thiophene rings is 1. The third kappa shape index (κ3) is 4.86. The lowest BCUT2D eigenvalue weighted by Crippen LogP contribution is -2.16. The molecule has 0 bridgehead atoms. The highest BCUT2D eigenvalue weighted by molar-refractivity contribution is 7.18. The number of esters is 1. The van der Waals surface area contributed by atoms with Crippen LogP contribution in [0.3, 0.4) is 0 Å². The van der Waals surface area contributed by atoms with Crippen LogP contribution in [-0.4, -0.2) is 24.9 Å². The molecule has 1 aromatic carbocycles. The Labute approximate surface area is 168 Å². The number of nitrogens with two attached hydrogens (primary N) is 1. The molecule has 1 heterocycles. The summed E-state index contributed by atoms with van der Waals surface area (Å²) in [5, 5.41) is 2.85. The van der Waals surface area contributed by atoms with E-state index in [-0.39, 0.29) is 20.9 Å². The van der Waals surface area contributed by atoms with Gasteiger partial charge in [-0.05, 0) is 35.1 Å². The Bertz CT molecular complexity index is 935. The van der Waals surface area contributed by atoms with Gasteiger partial charge in [0.25, 0.3) is 5.91 Å². The number of rotatable bonds is 5. The lowest BCUT2D eigenvalue weighted by Gasteiger charge is -2.18. The van der Waals surface area contributed by atoms with Crippen molar-refractivity contribution in [2.75, 3.05) is 12.4 Å². The molecule has 0 atom stereocenters. The topological polar surface area (TPSA) is 98.5 Å². The number of benzene rings is 1. The van der Waals surface area contributed by atoms with Crippen LogP contribution >= 0.6 is 11.3 Å². The second-order valence-corrected chi connectivity index (χ2v) is 8.33. The summed E-state index contributed by atoms with van der Waals surface area (Å²) in [6, 6.07) is 7.91. The molecule has 6 nitrogen and oxygen atoms in total. The van der Waals surface area contributed by atoms with Gasteiger partial charge < -0.3 is 15.8 Å². The van der Waals surface area contributed by atoms with Gasteiger partial charge in [-0.25, -0.2) is 4.79 Å². The minimum Gasteiger partial charge on any atom is -0.465 e. The fourth-order valence-corrected chi connectivity index (χ4v) is 3.74. The number of primary amides is 1. The Morgan fingerprint density at radius 2 is 1.75 bits per heavy atom. The average Bonchev–Trinajstić information content (AvgIpc) is 2.95. The maximum absolute atomic E-state index is 12.3. The Morgan fingerprint density at radius 1 is 1.14 bits per heavy atom. The first-order valence-corrected chi connectivity index (χ1v) is 9.47. The summed E-state index contributed by atoms with van der Waals surface area (Å²) in [6.07, 6.45) is 3.04. The highest BCUT2D eigenvalue weighted by atomic mass is 32.1. The largest absolute Gasteiger partial charge is 0.465 e. The maximum Gasteiger partial charge on any atom is 0.348 e. The van der Waals surface area contributed by atoms with Crippen molar-refractivity contribution in [3.05, 3.63) is 57.5 Å². The monoisotopic (exact) mass is 400 g/mol. The fourth-order valence-electron chi connectivity index (χ4n) is 2.61. The third-order valence-corrected chi connectivity index (χ3v) is 5.39. The number of carbonyl (C=O) groups excluding carboxylic acids is 3. The smallest absolute Gasteiger partial charge is 0.348 e. The maximum atomic E-state index is 12.3. The zero-order valence-corrected chi connectivity index (χ0v) is 17.4. The number of hydrogen-bond donors (Lipinski definition) is 2. The van der Waals surface area contributed by atoms with E-state index < -0.39 is 17.8 Å². The molecule has 2 rings (SSSR count). The molecule has 0 spiro atoms. The molecule has 0 saturated carbocycles. The number of anilines is 1. The zero-order chi connectivity index (χ0) is 21.1. The molecule has 0 aliphatic rings. The van der Waals surface area contributed by atoms with Gasteiger partial charge in [0.1, 0.15) is 9.88 Å². The van der Waals surface area contributed by atoms with Gasteiger partial charge in [0.05, 0.1) is 12.7 Å². The van der Waals surface area contributed by atoms with Crippen molar-refractivity contribution < 1.29 is 19.1 Å². The van der Waals surface area contributed by atoms with E-state index in [1.165, 1.54) is 18.7 Å². The summed E-state index contributed by atoms with van der Waals surface area (Å²) in [6.45, 7) is 7.98. The molecule has 0 radical (unpaired) electrons. The van der Waals surface area contributed by atoms with Gasteiger partial charge in [-0.1, -0.05) is 45.0 Å². The van der Waals surface area contributed by atoms with E-state index in [4.69, 9.17) is 10.5 Å². The molecular weight excluding hydrogens is 376 g/mol. The normalized spacial score (nSPS) is 11.5. The number of amides is 2. The van der Waals surface area contributed by atoms with Crippen molar-refractivity contribution in [2.45, 2.75) is 33.1 Å². The Morgan fingerprint density at radius 3 is 2.25 bits per heavy atom. The van der Waals surface area contributed by atoms with Gasteiger partial charge in [-0.3, -0.25) is 9.59 Å². The molecule has 0 saturated heterocycles. The SMILES string of the molecule is COC(=O)c1sc(NC(=O)C=Cc2ccc(C(C)(C)C)cc2)c(C(N)=O)c1C. The zero-order valence-electron chi connectivity index (χ0n) is 16.6.